The summed E-state index contributed by atoms with van der Waals surface area (Å²) in [5, 5.41) is 9.45. The van der Waals surface area contributed by atoms with Crippen LogP contribution < -0.4 is 0 Å². The summed E-state index contributed by atoms with van der Waals surface area (Å²) < 4.78 is 4.64. The van der Waals surface area contributed by atoms with Crippen molar-refractivity contribution in [3.63, 3.8) is 0 Å². The fourth-order valence-electron chi connectivity index (χ4n) is 2.32. The first-order valence-corrected chi connectivity index (χ1v) is 6.77. The lowest BCUT2D eigenvalue weighted by atomic mass is 9.83. The van der Waals surface area contributed by atoms with Crippen LogP contribution >= 0.6 is 0 Å². The molecule has 1 N–H and O–H groups in total. The van der Waals surface area contributed by atoms with Crippen molar-refractivity contribution < 1.29 is 24.2 Å². The van der Waals surface area contributed by atoms with Gasteiger partial charge >= 0.3 is 5.97 Å². The van der Waals surface area contributed by atoms with Crippen molar-refractivity contribution >= 4 is 23.1 Å². The zero-order valence-corrected chi connectivity index (χ0v) is 11.7. The molecule has 0 saturated heterocycles. The Balaban J connectivity index is 2.16. The number of ketones is 2. The van der Waals surface area contributed by atoms with Crippen LogP contribution in [0.1, 0.15) is 25.3 Å². The average Bonchev–Trinajstić information content (AvgIpc) is 2.46. The van der Waals surface area contributed by atoms with Crippen LogP contribution in [0.3, 0.4) is 0 Å². The minimum atomic E-state index is -0.954. The molecular weight excluding hydrogens is 272 g/mol. The van der Waals surface area contributed by atoms with Gasteiger partial charge in [-0.25, -0.2) is 4.79 Å². The first kappa shape index (κ1) is 15.0. The third-order valence-corrected chi connectivity index (χ3v) is 3.37. The van der Waals surface area contributed by atoms with E-state index in [2.05, 4.69) is 4.74 Å². The van der Waals surface area contributed by atoms with Crippen LogP contribution in [-0.2, 0) is 19.1 Å². The number of phenols is 1. The fraction of sp³-hybridized carbons (Fsp3) is 0.312. The van der Waals surface area contributed by atoms with Gasteiger partial charge in [0.25, 0.3) is 5.78 Å². The lowest BCUT2D eigenvalue weighted by Gasteiger charge is -2.19. The van der Waals surface area contributed by atoms with Gasteiger partial charge in [0.05, 0.1) is 12.5 Å². The Hall–Kier alpha value is -2.43. The molecule has 0 fully saturated rings. The highest BCUT2D eigenvalue weighted by Gasteiger charge is 2.34. The molecule has 1 aliphatic carbocycles. The minimum Gasteiger partial charge on any atom is -0.508 e. The zero-order chi connectivity index (χ0) is 15.4. The summed E-state index contributed by atoms with van der Waals surface area (Å²) in [6.45, 7) is 1.71. The second-order valence-electron chi connectivity index (χ2n) is 4.80. The van der Waals surface area contributed by atoms with E-state index in [1.165, 1.54) is 6.08 Å². The maximum Gasteiger partial charge on any atom is 0.375 e. The zero-order valence-electron chi connectivity index (χ0n) is 11.7. The Bertz CT molecular complexity index is 615. The van der Waals surface area contributed by atoms with E-state index in [0.29, 0.717) is 6.42 Å². The molecule has 0 heterocycles. The van der Waals surface area contributed by atoms with E-state index in [1.54, 1.807) is 31.2 Å². The topological polar surface area (TPSA) is 80.7 Å². The first-order chi connectivity index (χ1) is 10.0. The molecule has 5 heteroatoms. The molecule has 1 atom stereocenters. The maximum atomic E-state index is 12.0. The number of benzene rings is 1. The van der Waals surface area contributed by atoms with Gasteiger partial charge in [0.15, 0.2) is 5.78 Å². The van der Waals surface area contributed by atoms with Crippen molar-refractivity contribution in [1.29, 1.82) is 0 Å². The number of esters is 1. The highest BCUT2D eigenvalue weighted by molar-refractivity contribution is 6.39. The lowest BCUT2D eigenvalue weighted by molar-refractivity contribution is -0.156. The molecule has 0 bridgehead atoms. The Morgan fingerprint density at radius 3 is 2.76 bits per heavy atom. The SMILES string of the molecule is CCOC(=O)C(=O)C1CCC(c2cccc(O)c2)=CC1=O. The predicted octanol–water partition coefficient (Wildman–Crippen LogP) is 1.89. The standard InChI is InChI=1S/C16H16O5/c1-2-21-16(20)15(19)13-7-6-11(9-14(13)18)10-4-3-5-12(17)8-10/h3-5,8-9,13,17H,2,6-7H2,1H3. The van der Waals surface area contributed by atoms with Crippen molar-refractivity contribution in [2.24, 2.45) is 5.92 Å². The summed E-state index contributed by atoms with van der Waals surface area (Å²) in [5.41, 5.74) is 1.49. The van der Waals surface area contributed by atoms with E-state index >= 15 is 0 Å². The summed E-state index contributed by atoms with van der Waals surface area (Å²) in [6, 6.07) is 6.58. The number of ether oxygens (including phenoxy) is 1. The van der Waals surface area contributed by atoms with Gasteiger partial charge in [-0.2, -0.15) is 0 Å². The van der Waals surface area contributed by atoms with E-state index in [-0.39, 0.29) is 18.8 Å². The number of aromatic hydroxyl groups is 1. The van der Waals surface area contributed by atoms with Gasteiger partial charge in [0, 0.05) is 0 Å². The van der Waals surface area contributed by atoms with Crippen LogP contribution in [0.25, 0.3) is 5.57 Å². The molecule has 5 nitrogen and oxygen atoms in total. The molecule has 1 unspecified atom stereocenters. The van der Waals surface area contributed by atoms with E-state index in [1.807, 2.05) is 0 Å². The van der Waals surface area contributed by atoms with Crippen LogP contribution in [0.5, 0.6) is 5.75 Å². The van der Waals surface area contributed by atoms with Crippen molar-refractivity contribution in [1.82, 2.24) is 0 Å². The predicted molar refractivity (Wildman–Crippen MR) is 75.5 cm³/mol. The van der Waals surface area contributed by atoms with Crippen LogP contribution in [0.2, 0.25) is 0 Å². The summed E-state index contributed by atoms with van der Waals surface area (Å²) in [6.07, 6.45) is 2.14. The fourth-order valence-corrected chi connectivity index (χ4v) is 2.32. The van der Waals surface area contributed by atoms with E-state index in [4.69, 9.17) is 0 Å². The molecule has 1 aliphatic rings. The van der Waals surface area contributed by atoms with Gasteiger partial charge in [0.2, 0.25) is 0 Å². The number of phenolic OH excluding ortho intramolecular Hbond substituents is 1. The molecule has 0 aromatic heterocycles. The molecule has 0 saturated carbocycles. The van der Waals surface area contributed by atoms with E-state index in [9.17, 15) is 19.5 Å². The van der Waals surface area contributed by atoms with Gasteiger partial charge in [0.1, 0.15) is 5.75 Å². The number of rotatable bonds is 4. The second-order valence-corrected chi connectivity index (χ2v) is 4.80. The molecule has 0 radical (unpaired) electrons. The van der Waals surface area contributed by atoms with Crippen LogP contribution in [0, 0.1) is 5.92 Å². The molecule has 0 aliphatic heterocycles. The molecule has 2 rings (SSSR count). The highest BCUT2D eigenvalue weighted by atomic mass is 16.5. The van der Waals surface area contributed by atoms with Crippen LogP contribution in [0.15, 0.2) is 30.3 Å². The molecule has 0 spiro atoms. The van der Waals surface area contributed by atoms with Crippen molar-refractivity contribution in [2.45, 2.75) is 19.8 Å². The van der Waals surface area contributed by atoms with Gasteiger partial charge in [-0.05, 0) is 49.1 Å². The molecular formula is C16H16O5. The van der Waals surface area contributed by atoms with Crippen LogP contribution in [0.4, 0.5) is 0 Å². The summed E-state index contributed by atoms with van der Waals surface area (Å²) in [5.74, 6) is -2.97. The number of carbonyl (C=O) groups excluding carboxylic acids is 3. The van der Waals surface area contributed by atoms with Crippen molar-refractivity contribution in [3.8, 4) is 5.75 Å². The summed E-state index contributed by atoms with van der Waals surface area (Å²) >= 11 is 0. The van der Waals surface area contributed by atoms with Crippen molar-refractivity contribution in [3.05, 3.63) is 35.9 Å². The normalized spacial score (nSPS) is 18.0. The number of carbonyl (C=O) groups is 3. The number of hydrogen-bond acceptors (Lipinski definition) is 5. The van der Waals surface area contributed by atoms with Crippen molar-refractivity contribution in [2.75, 3.05) is 6.61 Å². The Morgan fingerprint density at radius 2 is 2.14 bits per heavy atom. The molecule has 1 aromatic rings. The van der Waals surface area contributed by atoms with Gasteiger partial charge in [-0.1, -0.05) is 12.1 Å². The van der Waals surface area contributed by atoms with Gasteiger partial charge < -0.3 is 9.84 Å². The summed E-state index contributed by atoms with van der Waals surface area (Å²) in [4.78, 5) is 35.3. The third-order valence-electron chi connectivity index (χ3n) is 3.37. The largest absolute Gasteiger partial charge is 0.508 e. The monoisotopic (exact) mass is 288 g/mol. The lowest BCUT2D eigenvalue weighted by Crippen LogP contribution is -2.32. The van der Waals surface area contributed by atoms with Gasteiger partial charge in [-0.3, -0.25) is 9.59 Å². The molecule has 1 aromatic carbocycles. The Kier molecular flexibility index (Phi) is 4.52. The smallest absolute Gasteiger partial charge is 0.375 e. The number of Topliss-reactive ketones (excluding diaryl/α,β-unsaturated/α-hetero) is 1. The third kappa shape index (κ3) is 3.37. The van der Waals surface area contributed by atoms with E-state index in [0.717, 1.165) is 11.1 Å². The quantitative estimate of drug-likeness (QED) is 0.520. The maximum absolute atomic E-state index is 12.0. The van der Waals surface area contributed by atoms with Crippen LogP contribution in [-0.4, -0.2) is 29.2 Å². The minimum absolute atomic E-state index is 0.107. The Morgan fingerprint density at radius 1 is 1.38 bits per heavy atom. The molecule has 110 valence electrons. The second kappa shape index (κ2) is 6.35. The molecule has 21 heavy (non-hydrogen) atoms. The first-order valence-electron chi connectivity index (χ1n) is 6.77. The highest BCUT2D eigenvalue weighted by Crippen LogP contribution is 2.30. The van der Waals surface area contributed by atoms with E-state index < -0.39 is 23.5 Å². The average molecular weight is 288 g/mol. The summed E-state index contributed by atoms with van der Waals surface area (Å²) in [7, 11) is 0. The van der Waals surface area contributed by atoms with Gasteiger partial charge in [-0.15, -0.1) is 0 Å². The number of allylic oxidation sites excluding steroid dienone is 2. The molecule has 0 amide bonds. The number of hydrogen-bond donors (Lipinski definition) is 1. The Labute approximate surface area is 122 Å².